The first kappa shape index (κ1) is 21.6. The Labute approximate surface area is 176 Å². The predicted octanol–water partition coefficient (Wildman–Crippen LogP) is 7.14. The molecule has 4 nitrogen and oxygen atoms in total. The van der Waals surface area contributed by atoms with Crippen molar-refractivity contribution in [1.82, 2.24) is 0 Å². The van der Waals surface area contributed by atoms with Crippen LogP contribution in [0.1, 0.15) is 63.3 Å². The summed E-state index contributed by atoms with van der Waals surface area (Å²) in [5, 5.41) is 9.66. The monoisotopic (exact) mass is 410 g/mol. The number of fused-ring (bicyclic) bond motifs is 1. The van der Waals surface area contributed by atoms with E-state index >= 15 is 0 Å². The highest BCUT2D eigenvalue weighted by Crippen LogP contribution is 2.41. The number of rotatable bonds is 6. The van der Waals surface area contributed by atoms with Crippen molar-refractivity contribution in [3.05, 3.63) is 59.1 Å². The summed E-state index contributed by atoms with van der Waals surface area (Å²) in [4.78, 5) is 10.9. The van der Waals surface area contributed by atoms with Gasteiger partial charge in [-0.1, -0.05) is 39.8 Å². The first-order chi connectivity index (χ1) is 14.1. The lowest BCUT2D eigenvalue weighted by Crippen LogP contribution is -2.00. The molecule has 0 aliphatic rings. The molecule has 0 unspecified atom stereocenters. The van der Waals surface area contributed by atoms with Gasteiger partial charge in [0, 0.05) is 16.5 Å². The molecule has 0 saturated heterocycles. The highest BCUT2D eigenvalue weighted by atomic mass is 19.1. The van der Waals surface area contributed by atoms with Crippen LogP contribution in [-0.2, 0) is 4.79 Å². The Balaban J connectivity index is 2.20. The molecular weight excluding hydrogens is 383 g/mol. The van der Waals surface area contributed by atoms with Gasteiger partial charge >= 0.3 is 5.97 Å². The normalized spacial score (nSPS) is 12.6. The molecule has 0 atom stereocenters. The van der Waals surface area contributed by atoms with Gasteiger partial charge in [-0.3, -0.25) is 0 Å². The van der Waals surface area contributed by atoms with E-state index in [9.17, 15) is 9.18 Å². The van der Waals surface area contributed by atoms with Crippen molar-refractivity contribution in [3.8, 4) is 16.9 Å². The zero-order chi connectivity index (χ0) is 22.2. The van der Waals surface area contributed by atoms with Crippen LogP contribution < -0.4 is 4.74 Å². The van der Waals surface area contributed by atoms with Crippen molar-refractivity contribution in [1.29, 1.82) is 0 Å². The fourth-order valence-corrected chi connectivity index (χ4v) is 3.54. The lowest BCUT2D eigenvalue weighted by molar-refractivity contribution is -0.134. The number of benzene rings is 2. The molecule has 0 aliphatic carbocycles. The molecule has 0 amide bonds. The largest absolute Gasteiger partial charge is 0.496 e. The van der Waals surface area contributed by atoms with Crippen LogP contribution in [0.5, 0.6) is 5.75 Å². The molecule has 5 heteroatoms. The number of carboxylic acids is 1. The number of halogens is 1. The van der Waals surface area contributed by atoms with E-state index in [2.05, 4.69) is 39.8 Å². The van der Waals surface area contributed by atoms with Crippen LogP contribution in [0.3, 0.4) is 0 Å². The van der Waals surface area contributed by atoms with Crippen molar-refractivity contribution < 1.29 is 23.4 Å². The summed E-state index contributed by atoms with van der Waals surface area (Å²) < 4.78 is 25.3. The number of furan rings is 1. The molecule has 0 radical (unpaired) electrons. The fourth-order valence-electron chi connectivity index (χ4n) is 3.54. The third-order valence-corrected chi connectivity index (χ3v) is 5.35. The number of ether oxygens (including phenoxy) is 1. The molecule has 2 aromatic carbocycles. The van der Waals surface area contributed by atoms with Crippen molar-refractivity contribution in [2.24, 2.45) is 0 Å². The second-order valence-electron chi connectivity index (χ2n) is 8.11. The highest BCUT2D eigenvalue weighted by Gasteiger charge is 2.19. The first-order valence-corrected chi connectivity index (χ1v) is 9.99. The number of allylic oxidation sites excluding steroid dienone is 1. The van der Waals surface area contributed by atoms with E-state index in [4.69, 9.17) is 14.3 Å². The maximum Gasteiger partial charge on any atom is 0.365 e. The summed E-state index contributed by atoms with van der Waals surface area (Å²) in [7, 11) is 1.68. The second kappa shape index (κ2) is 8.34. The lowest BCUT2D eigenvalue weighted by atomic mass is 9.89. The van der Waals surface area contributed by atoms with Crippen LogP contribution in [0.2, 0.25) is 0 Å². The van der Waals surface area contributed by atoms with Gasteiger partial charge in [-0.2, -0.15) is 4.39 Å². The van der Waals surface area contributed by atoms with E-state index in [-0.39, 0.29) is 11.3 Å². The Kier molecular flexibility index (Phi) is 6.01. The van der Waals surface area contributed by atoms with Gasteiger partial charge in [-0.15, -0.1) is 0 Å². The molecular formula is C25H27FO4. The topological polar surface area (TPSA) is 59.7 Å². The van der Waals surface area contributed by atoms with Crippen LogP contribution in [0, 0.1) is 0 Å². The molecule has 0 saturated carbocycles. The minimum atomic E-state index is -1.61. The number of carbonyl (C=O) groups is 1. The molecule has 0 aliphatic heterocycles. The smallest absolute Gasteiger partial charge is 0.365 e. The van der Waals surface area contributed by atoms with Gasteiger partial charge in [-0.05, 0) is 59.7 Å². The number of aliphatic carboxylic acids is 1. The second-order valence-corrected chi connectivity index (χ2v) is 8.11. The minimum Gasteiger partial charge on any atom is -0.496 e. The molecule has 0 bridgehead atoms. The standard InChI is InChI=1S/C25H27FO4/c1-13(2)17-10-19(14(3)4)24(29-6)20(11-17)16-7-8-21-18(9-16)12-22(30-21)15(5)23(26)25(27)28/h7-14H,1-6H3,(H,27,28)/b23-15+. The highest BCUT2D eigenvalue weighted by molar-refractivity contribution is 5.95. The van der Waals surface area contributed by atoms with E-state index in [1.54, 1.807) is 13.2 Å². The Bertz CT molecular complexity index is 1140. The third kappa shape index (κ3) is 3.97. The lowest BCUT2D eigenvalue weighted by Gasteiger charge is -2.20. The van der Waals surface area contributed by atoms with Crippen molar-refractivity contribution in [2.45, 2.75) is 46.5 Å². The summed E-state index contributed by atoms with van der Waals surface area (Å²) in [5.74, 6) is -1.12. The molecule has 30 heavy (non-hydrogen) atoms. The Hall–Kier alpha value is -3.08. The SMILES string of the molecule is COc1c(-c2ccc3oc(/C(C)=C(/F)C(=O)O)cc3c2)cc(C(C)C)cc1C(C)C. The molecule has 0 fully saturated rings. The van der Waals surface area contributed by atoms with Gasteiger partial charge in [0.05, 0.1) is 7.11 Å². The van der Waals surface area contributed by atoms with Gasteiger partial charge in [-0.25, -0.2) is 4.79 Å². The molecule has 3 aromatic rings. The number of carboxylic acid groups (broad SMARTS) is 1. The Morgan fingerprint density at radius 1 is 1.07 bits per heavy atom. The van der Waals surface area contributed by atoms with E-state index in [1.165, 1.54) is 12.5 Å². The number of hydrogen-bond acceptors (Lipinski definition) is 3. The maximum atomic E-state index is 13.8. The van der Waals surface area contributed by atoms with Crippen LogP contribution >= 0.6 is 0 Å². The Morgan fingerprint density at radius 2 is 1.77 bits per heavy atom. The van der Waals surface area contributed by atoms with Gasteiger partial charge < -0.3 is 14.3 Å². The summed E-state index contributed by atoms with van der Waals surface area (Å²) >= 11 is 0. The van der Waals surface area contributed by atoms with Crippen LogP contribution in [0.25, 0.3) is 27.7 Å². The Morgan fingerprint density at radius 3 is 2.33 bits per heavy atom. The fraction of sp³-hybridized carbons (Fsp3) is 0.320. The molecule has 1 aromatic heterocycles. The van der Waals surface area contributed by atoms with Gasteiger partial charge in [0.2, 0.25) is 5.83 Å². The summed E-state index contributed by atoms with van der Waals surface area (Å²) in [6, 6.07) is 11.7. The quantitative estimate of drug-likeness (QED) is 0.439. The zero-order valence-electron chi connectivity index (χ0n) is 18.2. The van der Waals surface area contributed by atoms with E-state index in [1.807, 2.05) is 18.2 Å². The molecule has 1 heterocycles. The molecule has 158 valence electrons. The average Bonchev–Trinajstić information content (AvgIpc) is 3.14. The molecule has 3 rings (SSSR count). The van der Waals surface area contributed by atoms with Crippen molar-refractivity contribution in [3.63, 3.8) is 0 Å². The van der Waals surface area contributed by atoms with Gasteiger partial charge in [0.15, 0.2) is 0 Å². The summed E-state index contributed by atoms with van der Waals surface area (Å²) in [5.41, 5.74) is 4.84. The zero-order valence-corrected chi connectivity index (χ0v) is 18.2. The number of hydrogen-bond donors (Lipinski definition) is 1. The third-order valence-electron chi connectivity index (χ3n) is 5.35. The van der Waals surface area contributed by atoms with Crippen LogP contribution in [-0.4, -0.2) is 18.2 Å². The maximum absolute atomic E-state index is 13.8. The van der Waals surface area contributed by atoms with E-state index in [0.29, 0.717) is 17.4 Å². The van der Waals surface area contributed by atoms with Gasteiger partial charge in [0.1, 0.15) is 17.1 Å². The van der Waals surface area contributed by atoms with Crippen molar-refractivity contribution >= 4 is 22.5 Å². The summed E-state index contributed by atoms with van der Waals surface area (Å²) in [6.07, 6.45) is 0. The average molecular weight is 410 g/mol. The van der Waals surface area contributed by atoms with E-state index in [0.717, 1.165) is 27.8 Å². The van der Waals surface area contributed by atoms with E-state index < -0.39 is 11.8 Å². The first-order valence-electron chi connectivity index (χ1n) is 9.99. The molecule has 1 N–H and O–H groups in total. The molecule has 0 spiro atoms. The van der Waals surface area contributed by atoms with Crippen molar-refractivity contribution in [2.75, 3.05) is 7.11 Å². The van der Waals surface area contributed by atoms with Crippen LogP contribution in [0.15, 0.2) is 46.6 Å². The number of methoxy groups -OCH3 is 1. The predicted molar refractivity (Wildman–Crippen MR) is 118 cm³/mol. The van der Waals surface area contributed by atoms with Gasteiger partial charge in [0.25, 0.3) is 0 Å². The minimum absolute atomic E-state index is 0.0401. The van der Waals surface area contributed by atoms with Crippen LogP contribution in [0.4, 0.5) is 4.39 Å². The summed E-state index contributed by atoms with van der Waals surface area (Å²) in [6.45, 7) is 10.00.